The molecule has 0 aliphatic rings. The summed E-state index contributed by atoms with van der Waals surface area (Å²) in [4.78, 5) is 5.22. The van der Waals surface area contributed by atoms with E-state index in [4.69, 9.17) is 17.4 Å². The van der Waals surface area contributed by atoms with E-state index in [1.54, 1.807) is 16.0 Å². The lowest BCUT2D eigenvalue weighted by molar-refractivity contribution is 0.530. The van der Waals surface area contributed by atoms with E-state index < -0.39 is 0 Å². The van der Waals surface area contributed by atoms with Crippen LogP contribution in [0.2, 0.25) is 5.02 Å². The molecule has 2 aromatic rings. The summed E-state index contributed by atoms with van der Waals surface area (Å²) < 4.78 is 1.73. The topological polar surface area (TPSA) is 68.8 Å². The highest BCUT2D eigenvalue weighted by Gasteiger charge is 2.19. The largest absolute Gasteiger partial charge is 0.271 e. The van der Waals surface area contributed by atoms with Gasteiger partial charge in [-0.3, -0.25) is 16.0 Å². The molecule has 5 nitrogen and oxygen atoms in total. The van der Waals surface area contributed by atoms with Gasteiger partial charge in [-0.05, 0) is 17.9 Å². The fourth-order valence-electron chi connectivity index (χ4n) is 1.60. The fourth-order valence-corrected chi connectivity index (χ4v) is 2.99. The second-order valence-corrected chi connectivity index (χ2v) is 5.11. The summed E-state index contributed by atoms with van der Waals surface area (Å²) in [5.41, 5.74) is 3.86. The molecule has 17 heavy (non-hydrogen) atoms. The second kappa shape index (κ2) is 5.14. The summed E-state index contributed by atoms with van der Waals surface area (Å²) in [5.74, 6) is 6.46. The Hall–Kier alpha value is -0.950. The zero-order valence-corrected chi connectivity index (χ0v) is 11.2. The van der Waals surface area contributed by atoms with Crippen molar-refractivity contribution in [2.75, 3.05) is 0 Å². The van der Waals surface area contributed by atoms with Crippen molar-refractivity contribution in [1.29, 1.82) is 0 Å². The van der Waals surface area contributed by atoms with Gasteiger partial charge in [-0.2, -0.15) is 5.10 Å². The average molecular weight is 272 g/mol. The molecule has 0 fully saturated rings. The molecule has 0 radical (unpaired) electrons. The van der Waals surface area contributed by atoms with Gasteiger partial charge in [0, 0.05) is 18.3 Å². The Kier molecular flexibility index (Phi) is 3.78. The summed E-state index contributed by atoms with van der Waals surface area (Å²) >= 11 is 7.84. The minimum Gasteiger partial charge on any atom is -0.271 e. The Balaban J connectivity index is 2.23. The summed E-state index contributed by atoms with van der Waals surface area (Å²) in [7, 11) is 1.86. The van der Waals surface area contributed by atoms with Gasteiger partial charge in [0.05, 0.1) is 11.1 Å². The molecule has 2 heterocycles. The van der Waals surface area contributed by atoms with Crippen LogP contribution in [0.3, 0.4) is 0 Å². The van der Waals surface area contributed by atoms with Gasteiger partial charge in [0.25, 0.3) is 0 Å². The molecule has 0 spiro atoms. The van der Waals surface area contributed by atoms with Crippen LogP contribution in [0.15, 0.2) is 11.7 Å². The van der Waals surface area contributed by atoms with Crippen molar-refractivity contribution < 1.29 is 0 Å². The number of halogens is 1. The van der Waals surface area contributed by atoms with E-state index in [-0.39, 0.29) is 6.04 Å². The van der Waals surface area contributed by atoms with Crippen molar-refractivity contribution in [2.24, 2.45) is 12.9 Å². The predicted molar refractivity (Wildman–Crippen MR) is 68.8 cm³/mol. The number of hydrazine groups is 1. The number of thiophene rings is 1. The fraction of sp³-hybridized carbons (Fsp3) is 0.400. The van der Waals surface area contributed by atoms with E-state index in [0.29, 0.717) is 6.42 Å². The van der Waals surface area contributed by atoms with Crippen LogP contribution in [0.1, 0.15) is 22.3 Å². The third kappa shape index (κ3) is 2.50. The molecule has 1 atom stereocenters. The lowest BCUT2D eigenvalue weighted by Gasteiger charge is -2.14. The number of hydrogen-bond donors (Lipinski definition) is 2. The van der Waals surface area contributed by atoms with Crippen LogP contribution in [-0.4, -0.2) is 14.8 Å². The molecule has 2 aromatic heterocycles. The van der Waals surface area contributed by atoms with E-state index in [0.717, 1.165) is 21.3 Å². The maximum Gasteiger partial charge on any atom is 0.138 e. The van der Waals surface area contributed by atoms with E-state index in [1.807, 2.05) is 19.4 Å². The lowest BCUT2D eigenvalue weighted by Crippen LogP contribution is -2.30. The van der Waals surface area contributed by atoms with Crippen LogP contribution >= 0.6 is 22.9 Å². The van der Waals surface area contributed by atoms with Crippen molar-refractivity contribution >= 4 is 22.9 Å². The van der Waals surface area contributed by atoms with Gasteiger partial charge in [-0.15, -0.1) is 11.3 Å². The molecule has 0 aromatic carbocycles. The Morgan fingerprint density at radius 1 is 1.65 bits per heavy atom. The standard InChI is InChI=1S/C10H14ClN5S/c1-6-4-17-10(9(6)11)7(15-12)3-8-13-5-14-16(8)2/h4-5,7,15H,3,12H2,1-2H3. The second-order valence-electron chi connectivity index (χ2n) is 3.82. The lowest BCUT2D eigenvalue weighted by atomic mass is 10.1. The maximum atomic E-state index is 6.23. The van der Waals surface area contributed by atoms with Crippen molar-refractivity contribution in [3.05, 3.63) is 33.0 Å². The molecule has 0 aliphatic carbocycles. The van der Waals surface area contributed by atoms with Gasteiger partial charge in [-0.1, -0.05) is 11.6 Å². The zero-order valence-electron chi connectivity index (χ0n) is 9.64. The average Bonchev–Trinajstić information content (AvgIpc) is 2.85. The number of hydrogen-bond acceptors (Lipinski definition) is 5. The minimum atomic E-state index is -0.0379. The third-order valence-corrected chi connectivity index (χ3v) is 4.46. The normalized spacial score (nSPS) is 12.9. The van der Waals surface area contributed by atoms with Crippen molar-refractivity contribution in [3.63, 3.8) is 0 Å². The minimum absolute atomic E-state index is 0.0379. The van der Waals surface area contributed by atoms with E-state index in [2.05, 4.69) is 15.5 Å². The summed E-state index contributed by atoms with van der Waals surface area (Å²) in [6.07, 6.45) is 2.19. The Labute approximate surface area is 109 Å². The zero-order chi connectivity index (χ0) is 12.4. The maximum absolute atomic E-state index is 6.23. The first-order valence-corrected chi connectivity index (χ1v) is 6.41. The van der Waals surface area contributed by atoms with Crippen LogP contribution in [0.5, 0.6) is 0 Å². The molecule has 0 bridgehead atoms. The van der Waals surface area contributed by atoms with E-state index in [1.165, 1.54) is 6.33 Å². The molecule has 2 rings (SSSR count). The summed E-state index contributed by atoms with van der Waals surface area (Å²) in [6.45, 7) is 1.98. The SMILES string of the molecule is Cc1csc(C(Cc2ncnn2C)NN)c1Cl. The molecule has 1 unspecified atom stereocenters. The monoisotopic (exact) mass is 271 g/mol. The van der Waals surface area contributed by atoms with Gasteiger partial charge in [-0.25, -0.2) is 4.98 Å². The number of aromatic nitrogens is 3. The van der Waals surface area contributed by atoms with Crippen molar-refractivity contribution in [2.45, 2.75) is 19.4 Å². The van der Waals surface area contributed by atoms with Crippen LogP contribution in [0, 0.1) is 6.92 Å². The molecule has 7 heteroatoms. The first kappa shape index (κ1) is 12.5. The Morgan fingerprint density at radius 3 is 2.88 bits per heavy atom. The number of nitrogens with one attached hydrogen (secondary N) is 1. The van der Waals surface area contributed by atoms with Crippen LogP contribution in [-0.2, 0) is 13.5 Å². The van der Waals surface area contributed by atoms with Gasteiger partial charge >= 0.3 is 0 Å². The van der Waals surface area contributed by atoms with E-state index >= 15 is 0 Å². The Bertz CT molecular complexity index is 507. The first-order valence-electron chi connectivity index (χ1n) is 5.16. The van der Waals surface area contributed by atoms with Gasteiger partial charge < -0.3 is 0 Å². The predicted octanol–water partition coefficient (Wildman–Crippen LogP) is 1.59. The highest BCUT2D eigenvalue weighted by atomic mass is 35.5. The Morgan fingerprint density at radius 2 is 2.41 bits per heavy atom. The van der Waals surface area contributed by atoms with Gasteiger partial charge in [0.2, 0.25) is 0 Å². The molecule has 3 N–H and O–H groups in total. The highest BCUT2D eigenvalue weighted by molar-refractivity contribution is 7.10. The number of nitrogens with two attached hydrogens (primary N) is 1. The van der Waals surface area contributed by atoms with Gasteiger partial charge in [0.1, 0.15) is 12.2 Å². The van der Waals surface area contributed by atoms with Crippen molar-refractivity contribution in [3.8, 4) is 0 Å². The quantitative estimate of drug-likeness (QED) is 0.654. The van der Waals surface area contributed by atoms with Gasteiger partial charge in [0.15, 0.2) is 0 Å². The third-order valence-electron chi connectivity index (χ3n) is 2.63. The van der Waals surface area contributed by atoms with Crippen LogP contribution in [0.25, 0.3) is 0 Å². The molecule has 92 valence electrons. The van der Waals surface area contributed by atoms with Crippen LogP contribution in [0.4, 0.5) is 0 Å². The van der Waals surface area contributed by atoms with E-state index in [9.17, 15) is 0 Å². The first-order chi connectivity index (χ1) is 8.13. The molecular weight excluding hydrogens is 258 g/mol. The smallest absolute Gasteiger partial charge is 0.138 e. The number of rotatable bonds is 4. The molecule has 0 amide bonds. The summed E-state index contributed by atoms with van der Waals surface area (Å²) in [5, 5.41) is 6.84. The number of nitrogens with zero attached hydrogens (tertiary/aromatic N) is 3. The summed E-state index contributed by atoms with van der Waals surface area (Å²) in [6, 6.07) is -0.0379. The van der Waals surface area contributed by atoms with Crippen molar-refractivity contribution in [1.82, 2.24) is 20.2 Å². The highest BCUT2D eigenvalue weighted by Crippen LogP contribution is 2.33. The molecule has 0 saturated heterocycles. The molecule has 0 saturated carbocycles. The number of aryl methyl sites for hydroxylation is 2. The molecular formula is C10H14ClN5S. The molecule has 0 aliphatic heterocycles. The van der Waals surface area contributed by atoms with Crippen LogP contribution < -0.4 is 11.3 Å².